The standard InChI is InChI=1S/C15H14BrClO2/c1-9-5-13(6-10(2)15(9)17)19-12-4-3-11(8-18)14(16)7-12/h3-7,18H,8H2,1-2H3. The molecular weight excluding hydrogens is 328 g/mol. The van der Waals surface area contributed by atoms with Gasteiger partial charge in [-0.15, -0.1) is 0 Å². The molecule has 2 rings (SSSR count). The fourth-order valence-corrected chi connectivity index (χ4v) is 2.41. The lowest BCUT2D eigenvalue weighted by atomic mass is 10.1. The molecule has 0 unspecified atom stereocenters. The first-order valence-corrected chi connectivity index (χ1v) is 7.02. The summed E-state index contributed by atoms with van der Waals surface area (Å²) in [5, 5.41) is 9.88. The highest BCUT2D eigenvalue weighted by Gasteiger charge is 2.06. The minimum Gasteiger partial charge on any atom is -0.457 e. The smallest absolute Gasteiger partial charge is 0.128 e. The minimum atomic E-state index is 0.0000244. The van der Waals surface area contributed by atoms with Gasteiger partial charge in [0.1, 0.15) is 11.5 Å². The molecule has 2 aromatic carbocycles. The third-order valence-corrected chi connectivity index (χ3v) is 4.17. The topological polar surface area (TPSA) is 29.5 Å². The second-order valence-electron chi connectivity index (χ2n) is 4.38. The monoisotopic (exact) mass is 340 g/mol. The SMILES string of the molecule is Cc1cc(Oc2ccc(CO)c(Br)c2)cc(C)c1Cl. The van der Waals surface area contributed by atoms with Crippen molar-refractivity contribution < 1.29 is 9.84 Å². The van der Waals surface area contributed by atoms with Crippen LogP contribution in [0.5, 0.6) is 11.5 Å². The molecule has 4 heteroatoms. The van der Waals surface area contributed by atoms with Crippen LogP contribution in [0.3, 0.4) is 0 Å². The van der Waals surface area contributed by atoms with Gasteiger partial charge in [0, 0.05) is 9.50 Å². The van der Waals surface area contributed by atoms with Gasteiger partial charge in [-0.25, -0.2) is 0 Å². The average Bonchev–Trinajstić information content (AvgIpc) is 2.36. The van der Waals surface area contributed by atoms with Crippen LogP contribution in [0.2, 0.25) is 5.02 Å². The van der Waals surface area contributed by atoms with Crippen LogP contribution in [0.15, 0.2) is 34.8 Å². The summed E-state index contributed by atoms with van der Waals surface area (Å²) in [5.74, 6) is 1.47. The minimum absolute atomic E-state index is 0.0000244. The van der Waals surface area contributed by atoms with Gasteiger partial charge in [0.05, 0.1) is 6.61 Å². The van der Waals surface area contributed by atoms with Gasteiger partial charge >= 0.3 is 0 Å². The summed E-state index contributed by atoms with van der Waals surface area (Å²) in [6.45, 7) is 3.90. The Balaban J connectivity index is 2.29. The Hall–Kier alpha value is -1.03. The van der Waals surface area contributed by atoms with Gasteiger partial charge < -0.3 is 9.84 Å². The van der Waals surface area contributed by atoms with Crippen LogP contribution in [-0.2, 0) is 6.61 Å². The van der Waals surface area contributed by atoms with E-state index in [1.54, 1.807) is 0 Å². The first-order valence-electron chi connectivity index (χ1n) is 5.85. The van der Waals surface area contributed by atoms with E-state index in [1.807, 2.05) is 44.2 Å². The predicted molar refractivity (Wildman–Crippen MR) is 81.1 cm³/mol. The van der Waals surface area contributed by atoms with E-state index in [0.29, 0.717) is 5.75 Å². The molecule has 0 saturated carbocycles. The van der Waals surface area contributed by atoms with Crippen LogP contribution in [0.1, 0.15) is 16.7 Å². The van der Waals surface area contributed by atoms with Crippen molar-refractivity contribution >= 4 is 27.5 Å². The van der Waals surface area contributed by atoms with Crippen molar-refractivity contribution in [2.75, 3.05) is 0 Å². The Bertz CT molecular complexity index is 588. The van der Waals surface area contributed by atoms with Gasteiger partial charge in [0.15, 0.2) is 0 Å². The maximum atomic E-state index is 9.12. The summed E-state index contributed by atoms with van der Waals surface area (Å²) < 4.78 is 6.63. The second kappa shape index (κ2) is 5.95. The van der Waals surface area contributed by atoms with Crippen LogP contribution in [0, 0.1) is 13.8 Å². The maximum Gasteiger partial charge on any atom is 0.128 e. The third-order valence-electron chi connectivity index (χ3n) is 2.84. The lowest BCUT2D eigenvalue weighted by molar-refractivity contribution is 0.281. The Labute approximate surface area is 126 Å². The quantitative estimate of drug-likeness (QED) is 0.851. The number of ether oxygens (including phenoxy) is 1. The molecule has 100 valence electrons. The van der Waals surface area contributed by atoms with E-state index in [0.717, 1.165) is 31.9 Å². The molecule has 0 fully saturated rings. The van der Waals surface area contributed by atoms with Gasteiger partial charge in [0.2, 0.25) is 0 Å². The molecule has 0 radical (unpaired) electrons. The van der Waals surface area contributed by atoms with Gasteiger partial charge in [0.25, 0.3) is 0 Å². The fourth-order valence-electron chi connectivity index (χ4n) is 1.82. The zero-order valence-corrected chi connectivity index (χ0v) is 13.0. The summed E-state index contributed by atoms with van der Waals surface area (Å²) in [5.41, 5.74) is 2.81. The number of aliphatic hydroxyl groups excluding tert-OH is 1. The van der Waals surface area contributed by atoms with Gasteiger partial charge in [-0.3, -0.25) is 0 Å². The van der Waals surface area contributed by atoms with Crippen molar-refractivity contribution in [3.8, 4) is 11.5 Å². The Morgan fingerprint density at radius 3 is 2.26 bits per heavy atom. The van der Waals surface area contributed by atoms with E-state index >= 15 is 0 Å². The molecule has 19 heavy (non-hydrogen) atoms. The normalized spacial score (nSPS) is 10.6. The highest BCUT2D eigenvalue weighted by Crippen LogP contribution is 2.31. The number of rotatable bonds is 3. The van der Waals surface area contributed by atoms with Crippen molar-refractivity contribution in [2.45, 2.75) is 20.5 Å². The molecule has 2 aromatic rings. The molecule has 0 amide bonds. The Morgan fingerprint density at radius 1 is 1.11 bits per heavy atom. The highest BCUT2D eigenvalue weighted by atomic mass is 79.9. The van der Waals surface area contributed by atoms with E-state index in [1.165, 1.54) is 0 Å². The Kier molecular flexibility index (Phi) is 4.50. The Morgan fingerprint density at radius 2 is 1.74 bits per heavy atom. The lowest BCUT2D eigenvalue weighted by Crippen LogP contribution is -1.90. The van der Waals surface area contributed by atoms with Crippen LogP contribution in [-0.4, -0.2) is 5.11 Å². The maximum absolute atomic E-state index is 9.12. The molecular formula is C15H14BrClO2. The van der Waals surface area contributed by atoms with Crippen LogP contribution < -0.4 is 4.74 Å². The first-order chi connectivity index (χ1) is 9.01. The van der Waals surface area contributed by atoms with Crippen molar-refractivity contribution in [1.29, 1.82) is 0 Å². The number of hydrogen-bond acceptors (Lipinski definition) is 2. The number of aryl methyl sites for hydroxylation is 2. The zero-order chi connectivity index (χ0) is 14.0. The van der Waals surface area contributed by atoms with E-state index in [-0.39, 0.29) is 6.61 Å². The van der Waals surface area contributed by atoms with Crippen molar-refractivity contribution in [3.05, 3.63) is 56.5 Å². The van der Waals surface area contributed by atoms with Crippen LogP contribution >= 0.6 is 27.5 Å². The van der Waals surface area contributed by atoms with Crippen molar-refractivity contribution in [2.24, 2.45) is 0 Å². The molecule has 0 aromatic heterocycles. The van der Waals surface area contributed by atoms with Crippen molar-refractivity contribution in [3.63, 3.8) is 0 Å². The highest BCUT2D eigenvalue weighted by molar-refractivity contribution is 9.10. The molecule has 0 spiro atoms. The fraction of sp³-hybridized carbons (Fsp3) is 0.200. The largest absolute Gasteiger partial charge is 0.457 e. The van der Waals surface area contributed by atoms with E-state index < -0.39 is 0 Å². The molecule has 0 saturated heterocycles. The lowest BCUT2D eigenvalue weighted by Gasteiger charge is -2.11. The number of benzene rings is 2. The predicted octanol–water partition coefficient (Wildman–Crippen LogP) is 5.00. The van der Waals surface area contributed by atoms with E-state index in [9.17, 15) is 0 Å². The molecule has 0 aliphatic carbocycles. The molecule has 2 nitrogen and oxygen atoms in total. The summed E-state index contributed by atoms with van der Waals surface area (Å²) in [6.07, 6.45) is 0. The van der Waals surface area contributed by atoms with E-state index in [2.05, 4.69) is 15.9 Å². The summed E-state index contributed by atoms with van der Waals surface area (Å²) in [4.78, 5) is 0. The summed E-state index contributed by atoms with van der Waals surface area (Å²) >= 11 is 9.53. The zero-order valence-electron chi connectivity index (χ0n) is 10.7. The molecule has 0 bridgehead atoms. The van der Waals surface area contributed by atoms with Gasteiger partial charge in [-0.1, -0.05) is 33.6 Å². The molecule has 0 aliphatic rings. The third kappa shape index (κ3) is 3.30. The first kappa shape index (κ1) is 14.4. The average molecular weight is 342 g/mol. The number of aliphatic hydroxyl groups is 1. The van der Waals surface area contributed by atoms with Crippen LogP contribution in [0.4, 0.5) is 0 Å². The molecule has 0 heterocycles. The summed E-state index contributed by atoms with van der Waals surface area (Å²) in [6, 6.07) is 9.31. The van der Waals surface area contributed by atoms with Gasteiger partial charge in [-0.2, -0.15) is 0 Å². The van der Waals surface area contributed by atoms with E-state index in [4.69, 9.17) is 21.4 Å². The molecule has 0 atom stereocenters. The van der Waals surface area contributed by atoms with Crippen molar-refractivity contribution in [1.82, 2.24) is 0 Å². The number of hydrogen-bond donors (Lipinski definition) is 1. The molecule has 0 aliphatic heterocycles. The van der Waals surface area contributed by atoms with Gasteiger partial charge in [-0.05, 0) is 54.8 Å². The number of halogens is 2. The molecule has 1 N–H and O–H groups in total. The summed E-state index contributed by atoms with van der Waals surface area (Å²) in [7, 11) is 0. The van der Waals surface area contributed by atoms with Crippen LogP contribution in [0.25, 0.3) is 0 Å². The second-order valence-corrected chi connectivity index (χ2v) is 5.62.